The van der Waals surface area contributed by atoms with Gasteiger partial charge in [0, 0.05) is 0 Å². The van der Waals surface area contributed by atoms with Crippen LogP contribution in [0.2, 0.25) is 13.3 Å². The summed E-state index contributed by atoms with van der Waals surface area (Å²) in [6, 6.07) is 0. The van der Waals surface area contributed by atoms with Gasteiger partial charge in [0.1, 0.15) is 0 Å². The van der Waals surface area contributed by atoms with E-state index in [-0.39, 0.29) is 0 Å². The molecule has 3 nitrogen and oxygen atoms in total. The molecule has 0 N–H and O–H groups in total. The number of nitrogens with zero attached hydrogens (tertiary/aromatic N) is 3. The monoisotopic (exact) mass is 922 g/mol. The van der Waals surface area contributed by atoms with E-state index < -0.39 is 19.8 Å². The minimum Gasteiger partial charge on any atom is -0.373 e. The smallest absolute Gasteiger partial charge is 0.373 e. The first kappa shape index (κ1) is 60.2. The van der Waals surface area contributed by atoms with Crippen molar-refractivity contribution in [1.82, 2.24) is 0 Å². The summed E-state index contributed by atoms with van der Waals surface area (Å²) in [7, 11) is 0. The zero-order valence-corrected chi connectivity index (χ0v) is 43.8. The van der Waals surface area contributed by atoms with E-state index in [1.54, 1.807) is 51.8 Å². The Labute approximate surface area is 375 Å². The van der Waals surface area contributed by atoms with Crippen molar-refractivity contribution in [1.29, 1.82) is 0 Å². The van der Waals surface area contributed by atoms with E-state index in [0.717, 1.165) is 0 Å². The Morgan fingerprint density at radius 1 is 0.207 bits per heavy atom. The molecule has 346 valence electrons. The Balaban J connectivity index is 0. The maximum atomic E-state index is 6.75. The van der Waals surface area contributed by atoms with Gasteiger partial charge in [-0.25, -0.2) is 0 Å². The van der Waals surface area contributed by atoms with Gasteiger partial charge in [-0.3, -0.25) is 4.91 Å². The van der Waals surface area contributed by atoms with Crippen molar-refractivity contribution in [3.8, 4) is 0 Å². The summed E-state index contributed by atoms with van der Waals surface area (Å²) in [4.78, 5) is 1.50. The molecule has 0 aliphatic heterocycles. The summed E-state index contributed by atoms with van der Waals surface area (Å²) in [5, 5.41) is 0. The van der Waals surface area contributed by atoms with E-state index in [0.29, 0.717) is 0 Å². The maximum absolute atomic E-state index is 6.75. The topological polar surface area (TPSA) is 58.7 Å². The van der Waals surface area contributed by atoms with Crippen molar-refractivity contribution < 1.29 is 0 Å². The van der Waals surface area contributed by atoms with Crippen LogP contribution < -0.4 is 0 Å². The fourth-order valence-corrected chi connectivity index (χ4v) is 17.7. The average molecular weight is 921 g/mol. The second-order valence-corrected chi connectivity index (χ2v) is 27.6. The van der Waals surface area contributed by atoms with E-state index in [1.165, 1.54) is 275 Å². The number of hydrogen-bond acceptors (Lipinski definition) is 0. The molecular weight excluding hydrogens is 809 g/mol. The molecule has 0 aromatic rings. The normalized spacial score (nSPS) is 11.2. The standard InChI is InChI=1S/3C18H37.N3.Sn/c3*1-3-5-7-9-11-13-15-17-18-16-14-12-10-8-6-4-2;1-3-2;/h3*1,3-18H2,2H3;;/q;;;-1;+1. The first-order chi connectivity index (χ1) is 28.8. The van der Waals surface area contributed by atoms with Crippen molar-refractivity contribution in [3.63, 3.8) is 0 Å². The van der Waals surface area contributed by atoms with Crippen molar-refractivity contribution in [2.75, 3.05) is 0 Å². The minimum atomic E-state index is -1.16. The molecule has 0 amide bonds. The van der Waals surface area contributed by atoms with Gasteiger partial charge in [-0.1, -0.05) is 117 Å². The predicted molar refractivity (Wildman–Crippen MR) is 269 cm³/mol. The van der Waals surface area contributed by atoms with Crippen LogP contribution in [-0.2, 0) is 0 Å². The van der Waals surface area contributed by atoms with Crippen LogP contribution in [0, 0.1) is 0 Å². The van der Waals surface area contributed by atoms with Gasteiger partial charge in [0.25, 0.3) is 0 Å². The molecule has 4 heteroatoms. The Morgan fingerprint density at radius 3 is 0.431 bits per heavy atom. The van der Waals surface area contributed by atoms with Crippen LogP contribution in [0.4, 0.5) is 0 Å². The van der Waals surface area contributed by atoms with Gasteiger partial charge < -0.3 is 11.1 Å². The fraction of sp³-hybridized carbons (Fsp3) is 1.00. The number of rotatable bonds is 51. The van der Waals surface area contributed by atoms with Crippen LogP contribution in [0.3, 0.4) is 0 Å². The second-order valence-electron chi connectivity index (χ2n) is 19.0. The molecule has 0 saturated carbocycles. The van der Waals surface area contributed by atoms with E-state index in [2.05, 4.69) is 20.8 Å². The summed E-state index contributed by atoms with van der Waals surface area (Å²) in [5.41, 5.74) is 13.5. The van der Waals surface area contributed by atoms with E-state index in [4.69, 9.17) is 11.1 Å². The summed E-state index contributed by atoms with van der Waals surface area (Å²) in [5.74, 6) is 0. The molecular formula is C54H111N3Sn. The fourth-order valence-electron chi connectivity index (χ4n) is 9.14. The summed E-state index contributed by atoms with van der Waals surface area (Å²) in [6.45, 7) is 6.97. The van der Waals surface area contributed by atoms with Crippen molar-refractivity contribution in [2.45, 2.75) is 342 Å². The molecule has 0 heterocycles. The molecule has 0 saturated heterocycles. The van der Waals surface area contributed by atoms with E-state index in [9.17, 15) is 0 Å². The molecule has 0 radical (unpaired) electrons. The van der Waals surface area contributed by atoms with Crippen LogP contribution in [0.25, 0.3) is 16.0 Å². The molecule has 0 rings (SSSR count). The molecule has 0 unspecified atom stereocenters. The van der Waals surface area contributed by atoms with E-state index in [1.807, 2.05) is 0 Å². The van der Waals surface area contributed by atoms with Crippen molar-refractivity contribution >= 4 is 19.8 Å². The minimum absolute atomic E-state index is 1.16. The molecule has 0 aliphatic carbocycles. The summed E-state index contributed by atoms with van der Waals surface area (Å²) >= 11 is -1.16. The van der Waals surface area contributed by atoms with Gasteiger partial charge in [-0.2, -0.15) is 0 Å². The van der Waals surface area contributed by atoms with Gasteiger partial charge in [-0.15, -0.1) is 0 Å². The summed E-state index contributed by atoms with van der Waals surface area (Å²) < 4.78 is 5.20. The van der Waals surface area contributed by atoms with Gasteiger partial charge in [0.15, 0.2) is 0 Å². The third-order valence-corrected chi connectivity index (χ3v) is 22.2. The third kappa shape index (κ3) is 58.2. The third-order valence-electron chi connectivity index (χ3n) is 13.2. The van der Waals surface area contributed by atoms with Crippen LogP contribution in [0.5, 0.6) is 0 Å². The molecule has 0 aromatic carbocycles. The quantitative estimate of drug-likeness (QED) is 0.0192. The SMILES string of the molecule is CCCCCCCCCCCCCCCCC[CH2][Sn+]([CH2]CCCCCCCCCCCCCCCCC)[CH2]CCCCCCCCCCCCCCCCC.[N-]=[N+]=[N-]. The molecule has 0 aromatic heterocycles. The molecule has 0 aliphatic rings. The van der Waals surface area contributed by atoms with Gasteiger partial charge >= 0.3 is 245 Å². The van der Waals surface area contributed by atoms with E-state index >= 15 is 0 Å². The van der Waals surface area contributed by atoms with Gasteiger partial charge in [0.2, 0.25) is 0 Å². The predicted octanol–water partition coefficient (Wildman–Crippen LogP) is 22.1. The van der Waals surface area contributed by atoms with Crippen LogP contribution in [-0.4, -0.2) is 19.8 Å². The Morgan fingerprint density at radius 2 is 0.310 bits per heavy atom. The second kappa shape index (κ2) is 59.2. The molecule has 0 fully saturated rings. The van der Waals surface area contributed by atoms with Crippen LogP contribution >= 0.6 is 0 Å². The number of unbranched alkanes of at least 4 members (excludes halogenated alkanes) is 45. The zero-order chi connectivity index (χ0) is 42.3. The molecule has 0 atom stereocenters. The average Bonchev–Trinajstić information content (AvgIpc) is 3.23. The zero-order valence-electron chi connectivity index (χ0n) is 40.9. The van der Waals surface area contributed by atoms with Crippen molar-refractivity contribution in [3.05, 3.63) is 16.0 Å². The summed E-state index contributed by atoms with van der Waals surface area (Å²) in [6.07, 6.45) is 72.0. The molecule has 0 spiro atoms. The molecule has 0 bridgehead atoms. The number of hydrogen-bond donors (Lipinski definition) is 0. The van der Waals surface area contributed by atoms with Crippen LogP contribution in [0.15, 0.2) is 0 Å². The van der Waals surface area contributed by atoms with Crippen LogP contribution in [0.1, 0.15) is 329 Å². The van der Waals surface area contributed by atoms with Crippen molar-refractivity contribution in [2.24, 2.45) is 0 Å². The Hall–Kier alpha value is 0.109. The van der Waals surface area contributed by atoms with Gasteiger partial charge in [-0.05, 0) is 0 Å². The first-order valence-electron chi connectivity index (χ1n) is 27.6. The molecule has 58 heavy (non-hydrogen) atoms. The Bertz CT molecular complexity index is 637. The van der Waals surface area contributed by atoms with Gasteiger partial charge in [0.05, 0.1) is 0 Å². The Kier molecular flexibility index (Phi) is 61.4. The first-order valence-corrected chi connectivity index (χ1v) is 33.6.